The summed E-state index contributed by atoms with van der Waals surface area (Å²) in [4.78, 5) is 2.19. The maximum Gasteiger partial charge on any atom is 0.129 e. The van der Waals surface area contributed by atoms with Gasteiger partial charge in [0, 0.05) is 36.7 Å². The first-order chi connectivity index (χ1) is 7.77. The van der Waals surface area contributed by atoms with E-state index in [0.717, 1.165) is 24.6 Å². The van der Waals surface area contributed by atoms with Gasteiger partial charge in [-0.3, -0.25) is 4.90 Å². The van der Waals surface area contributed by atoms with Crippen molar-refractivity contribution in [2.45, 2.75) is 6.10 Å². The lowest BCUT2D eigenvalue weighted by atomic mass is 10.1. The number of benzene rings is 1. The zero-order chi connectivity index (χ0) is 11.4. The van der Waals surface area contributed by atoms with Crippen molar-refractivity contribution >= 4 is 11.8 Å². The molecule has 1 aliphatic rings. The van der Waals surface area contributed by atoms with Crippen molar-refractivity contribution in [2.24, 2.45) is 0 Å². The van der Waals surface area contributed by atoms with Crippen LogP contribution in [0.5, 0.6) is 0 Å². The highest BCUT2D eigenvalue weighted by atomic mass is 32.2. The van der Waals surface area contributed by atoms with Gasteiger partial charge in [0.15, 0.2) is 0 Å². The van der Waals surface area contributed by atoms with Crippen LogP contribution in [0.15, 0.2) is 24.3 Å². The van der Waals surface area contributed by atoms with E-state index in [9.17, 15) is 9.50 Å². The van der Waals surface area contributed by atoms with Crippen molar-refractivity contribution in [1.82, 2.24) is 4.90 Å². The van der Waals surface area contributed by atoms with Gasteiger partial charge in [-0.05, 0) is 6.07 Å². The second kappa shape index (κ2) is 5.66. The van der Waals surface area contributed by atoms with Crippen molar-refractivity contribution in [1.29, 1.82) is 0 Å². The molecule has 2 rings (SSSR count). The lowest BCUT2D eigenvalue weighted by molar-refractivity contribution is 0.115. The minimum atomic E-state index is -0.718. The van der Waals surface area contributed by atoms with Gasteiger partial charge in [0.2, 0.25) is 0 Å². The molecule has 0 amide bonds. The molecular weight excluding hydrogens is 225 g/mol. The molecule has 1 saturated heterocycles. The van der Waals surface area contributed by atoms with Crippen LogP contribution in [0.1, 0.15) is 11.7 Å². The second-order valence-corrected chi connectivity index (χ2v) is 5.18. The molecule has 0 bridgehead atoms. The van der Waals surface area contributed by atoms with Crippen LogP contribution in [0.2, 0.25) is 0 Å². The molecule has 1 aromatic carbocycles. The summed E-state index contributed by atoms with van der Waals surface area (Å²) in [6.07, 6.45) is -0.718. The fraction of sp³-hybridized carbons (Fsp3) is 0.500. The topological polar surface area (TPSA) is 23.5 Å². The van der Waals surface area contributed by atoms with E-state index in [0.29, 0.717) is 12.1 Å². The fourth-order valence-corrected chi connectivity index (χ4v) is 2.85. The highest BCUT2D eigenvalue weighted by molar-refractivity contribution is 7.99. The summed E-state index contributed by atoms with van der Waals surface area (Å²) in [6, 6.07) is 6.44. The number of thioether (sulfide) groups is 1. The van der Waals surface area contributed by atoms with Crippen LogP contribution in [0, 0.1) is 5.82 Å². The van der Waals surface area contributed by atoms with Crippen molar-refractivity contribution in [3.63, 3.8) is 0 Å². The monoisotopic (exact) mass is 241 g/mol. The van der Waals surface area contributed by atoms with Gasteiger partial charge < -0.3 is 5.11 Å². The third-order valence-electron chi connectivity index (χ3n) is 2.80. The first kappa shape index (κ1) is 11.9. The summed E-state index contributed by atoms with van der Waals surface area (Å²) in [5.41, 5.74) is 0.403. The summed E-state index contributed by atoms with van der Waals surface area (Å²) < 4.78 is 13.4. The quantitative estimate of drug-likeness (QED) is 0.874. The summed E-state index contributed by atoms with van der Waals surface area (Å²) in [7, 11) is 0. The molecular formula is C12H16FNOS. The number of nitrogens with zero attached hydrogens (tertiary/aromatic N) is 1. The van der Waals surface area contributed by atoms with Crippen molar-refractivity contribution in [2.75, 3.05) is 31.1 Å². The Bertz CT molecular complexity index is 342. The molecule has 1 fully saturated rings. The Labute approximate surface area is 99.5 Å². The maximum absolute atomic E-state index is 13.4. The Morgan fingerprint density at radius 3 is 2.69 bits per heavy atom. The molecule has 16 heavy (non-hydrogen) atoms. The van der Waals surface area contributed by atoms with E-state index in [1.165, 1.54) is 6.07 Å². The molecule has 0 radical (unpaired) electrons. The van der Waals surface area contributed by atoms with E-state index in [4.69, 9.17) is 0 Å². The highest BCUT2D eigenvalue weighted by Crippen LogP contribution is 2.19. The van der Waals surface area contributed by atoms with Crippen LogP contribution < -0.4 is 0 Å². The number of halogens is 1. The Morgan fingerprint density at radius 1 is 1.31 bits per heavy atom. The number of aliphatic hydroxyl groups is 1. The molecule has 1 aromatic rings. The number of rotatable bonds is 3. The van der Waals surface area contributed by atoms with E-state index >= 15 is 0 Å². The highest BCUT2D eigenvalue weighted by Gasteiger charge is 2.18. The van der Waals surface area contributed by atoms with Crippen molar-refractivity contribution < 1.29 is 9.50 Å². The van der Waals surface area contributed by atoms with E-state index < -0.39 is 6.10 Å². The van der Waals surface area contributed by atoms with Crippen LogP contribution >= 0.6 is 11.8 Å². The van der Waals surface area contributed by atoms with E-state index in [2.05, 4.69) is 4.90 Å². The Balaban J connectivity index is 1.96. The number of β-amino-alcohol motifs (C(OH)–C–C–N with tert-alkyl or cyclic N) is 1. The Hall–Kier alpha value is -0.580. The van der Waals surface area contributed by atoms with Gasteiger partial charge in [0.05, 0.1) is 6.10 Å². The van der Waals surface area contributed by atoms with Gasteiger partial charge in [0.25, 0.3) is 0 Å². The Morgan fingerprint density at radius 2 is 2.00 bits per heavy atom. The van der Waals surface area contributed by atoms with Gasteiger partial charge in [-0.15, -0.1) is 0 Å². The third kappa shape index (κ3) is 2.97. The number of hydrogen-bond acceptors (Lipinski definition) is 3. The number of hydrogen-bond donors (Lipinski definition) is 1. The predicted molar refractivity (Wildman–Crippen MR) is 65.1 cm³/mol. The Kier molecular flexibility index (Phi) is 4.21. The van der Waals surface area contributed by atoms with Crippen molar-refractivity contribution in [3.8, 4) is 0 Å². The van der Waals surface area contributed by atoms with Gasteiger partial charge in [-0.2, -0.15) is 11.8 Å². The normalized spacial score (nSPS) is 19.6. The smallest absolute Gasteiger partial charge is 0.129 e. The lowest BCUT2D eigenvalue weighted by Gasteiger charge is -2.28. The second-order valence-electron chi connectivity index (χ2n) is 3.95. The minimum absolute atomic E-state index is 0.318. The molecule has 0 aliphatic carbocycles. The molecule has 0 saturated carbocycles. The zero-order valence-electron chi connectivity index (χ0n) is 9.10. The van der Waals surface area contributed by atoms with Gasteiger partial charge in [-0.1, -0.05) is 18.2 Å². The summed E-state index contributed by atoms with van der Waals surface area (Å²) >= 11 is 1.93. The first-order valence-corrected chi connectivity index (χ1v) is 6.65. The van der Waals surface area contributed by atoms with Crippen LogP contribution in [0.4, 0.5) is 4.39 Å². The van der Waals surface area contributed by atoms with Crippen molar-refractivity contribution in [3.05, 3.63) is 35.6 Å². The molecule has 88 valence electrons. The predicted octanol–water partition coefficient (Wildman–Crippen LogP) is 1.91. The molecule has 2 nitrogen and oxygen atoms in total. The van der Waals surface area contributed by atoms with Gasteiger partial charge >= 0.3 is 0 Å². The van der Waals surface area contributed by atoms with Crippen LogP contribution in [-0.2, 0) is 0 Å². The summed E-state index contributed by atoms with van der Waals surface area (Å²) in [5, 5.41) is 9.97. The molecule has 1 N–H and O–H groups in total. The number of aliphatic hydroxyl groups excluding tert-OH is 1. The summed E-state index contributed by atoms with van der Waals surface area (Å²) in [6.45, 7) is 2.49. The molecule has 1 atom stereocenters. The molecule has 1 aliphatic heterocycles. The van der Waals surface area contributed by atoms with E-state index in [1.54, 1.807) is 18.2 Å². The summed E-state index contributed by atoms with van der Waals surface area (Å²) in [5.74, 6) is 1.88. The minimum Gasteiger partial charge on any atom is -0.387 e. The van der Waals surface area contributed by atoms with E-state index in [-0.39, 0.29) is 5.82 Å². The molecule has 0 spiro atoms. The fourth-order valence-electron chi connectivity index (χ4n) is 1.87. The molecule has 1 unspecified atom stereocenters. The van der Waals surface area contributed by atoms with Crippen LogP contribution in [0.3, 0.4) is 0 Å². The van der Waals surface area contributed by atoms with Crippen LogP contribution in [0.25, 0.3) is 0 Å². The van der Waals surface area contributed by atoms with E-state index in [1.807, 2.05) is 11.8 Å². The average molecular weight is 241 g/mol. The molecule has 1 heterocycles. The largest absolute Gasteiger partial charge is 0.387 e. The molecule has 0 aromatic heterocycles. The lowest BCUT2D eigenvalue weighted by Crippen LogP contribution is -2.36. The SMILES string of the molecule is OC(CN1CCSCC1)c1ccccc1F. The first-order valence-electron chi connectivity index (χ1n) is 5.50. The van der Waals surface area contributed by atoms with Gasteiger partial charge in [-0.25, -0.2) is 4.39 Å². The standard InChI is InChI=1S/C12H16FNOS/c13-11-4-2-1-3-10(11)12(15)9-14-5-7-16-8-6-14/h1-4,12,15H,5-9H2. The third-order valence-corrected chi connectivity index (χ3v) is 3.74. The average Bonchev–Trinajstić information content (AvgIpc) is 2.31. The maximum atomic E-state index is 13.4. The van der Waals surface area contributed by atoms with Gasteiger partial charge in [0.1, 0.15) is 5.82 Å². The molecule has 4 heteroatoms. The van der Waals surface area contributed by atoms with Crippen LogP contribution in [-0.4, -0.2) is 41.1 Å². The zero-order valence-corrected chi connectivity index (χ0v) is 9.92.